The molecular weight excluding hydrogens is 480 g/mol. The summed E-state index contributed by atoms with van der Waals surface area (Å²) in [5, 5.41) is 0. The molecule has 1 N–H and O–H groups in total. The Morgan fingerprint density at radius 2 is 1.85 bits per heavy atom. The first-order valence-corrected chi connectivity index (χ1v) is 9.60. The van der Waals surface area contributed by atoms with Crippen molar-refractivity contribution in [3.63, 3.8) is 0 Å². The SMILES string of the molecule is COc1ccc(Br)cc1-c1nc2c(c(=O)[nH]1)Cc1cc(Br)cc(OC)c1O2. The number of aromatic nitrogens is 2. The van der Waals surface area contributed by atoms with Gasteiger partial charge in [-0.25, -0.2) is 0 Å². The highest BCUT2D eigenvalue weighted by Crippen LogP contribution is 2.43. The van der Waals surface area contributed by atoms with E-state index in [1.165, 1.54) is 0 Å². The topological polar surface area (TPSA) is 73.4 Å². The number of methoxy groups -OCH3 is 2. The predicted octanol–water partition coefficient (Wildman–Crippen LogP) is 4.68. The van der Waals surface area contributed by atoms with Crippen LogP contribution in [0, 0.1) is 0 Å². The number of ether oxygens (including phenoxy) is 3. The third-order valence-electron chi connectivity index (χ3n) is 4.28. The molecule has 0 saturated heterocycles. The van der Waals surface area contributed by atoms with Crippen LogP contribution in [0.5, 0.6) is 23.1 Å². The van der Waals surface area contributed by atoms with Crippen molar-refractivity contribution in [1.29, 1.82) is 0 Å². The molecule has 0 bridgehead atoms. The lowest BCUT2D eigenvalue weighted by Gasteiger charge is -2.21. The summed E-state index contributed by atoms with van der Waals surface area (Å²) < 4.78 is 18.5. The first-order chi connectivity index (χ1) is 13.0. The van der Waals surface area contributed by atoms with E-state index < -0.39 is 0 Å². The van der Waals surface area contributed by atoms with Crippen LogP contribution in [0.25, 0.3) is 11.4 Å². The lowest BCUT2D eigenvalue weighted by atomic mass is 10.0. The quantitative estimate of drug-likeness (QED) is 0.448. The Bertz CT molecular complexity index is 1110. The second kappa shape index (κ2) is 7.01. The zero-order valence-electron chi connectivity index (χ0n) is 14.4. The van der Waals surface area contributed by atoms with E-state index in [-0.39, 0.29) is 11.4 Å². The molecule has 0 unspecified atom stereocenters. The van der Waals surface area contributed by atoms with Crippen LogP contribution < -0.4 is 19.8 Å². The molecule has 138 valence electrons. The van der Waals surface area contributed by atoms with Gasteiger partial charge in [-0.2, -0.15) is 4.98 Å². The second-order valence-corrected chi connectivity index (χ2v) is 7.75. The van der Waals surface area contributed by atoms with Gasteiger partial charge in [-0.1, -0.05) is 31.9 Å². The molecule has 27 heavy (non-hydrogen) atoms. The highest BCUT2D eigenvalue weighted by Gasteiger charge is 2.26. The van der Waals surface area contributed by atoms with Crippen molar-refractivity contribution in [2.24, 2.45) is 0 Å². The number of nitrogens with one attached hydrogen (secondary N) is 1. The highest BCUT2D eigenvalue weighted by molar-refractivity contribution is 9.10. The van der Waals surface area contributed by atoms with Crippen molar-refractivity contribution < 1.29 is 14.2 Å². The van der Waals surface area contributed by atoms with Gasteiger partial charge in [0, 0.05) is 20.9 Å². The van der Waals surface area contributed by atoms with Crippen molar-refractivity contribution in [3.8, 4) is 34.5 Å². The van der Waals surface area contributed by atoms with Gasteiger partial charge in [0.15, 0.2) is 11.5 Å². The van der Waals surface area contributed by atoms with Gasteiger partial charge in [0.2, 0.25) is 5.88 Å². The molecule has 0 atom stereocenters. The van der Waals surface area contributed by atoms with Gasteiger partial charge in [0.05, 0.1) is 25.3 Å². The van der Waals surface area contributed by atoms with Crippen molar-refractivity contribution in [2.75, 3.05) is 14.2 Å². The Morgan fingerprint density at radius 1 is 1.07 bits per heavy atom. The molecule has 0 saturated carbocycles. The molecule has 3 aromatic rings. The van der Waals surface area contributed by atoms with E-state index in [1.807, 2.05) is 24.3 Å². The van der Waals surface area contributed by atoms with E-state index in [1.54, 1.807) is 20.3 Å². The minimum absolute atomic E-state index is 0.248. The summed E-state index contributed by atoms with van der Waals surface area (Å²) in [5.41, 5.74) is 1.74. The number of hydrogen-bond donors (Lipinski definition) is 1. The second-order valence-electron chi connectivity index (χ2n) is 5.92. The Balaban J connectivity index is 1.86. The molecule has 2 heterocycles. The van der Waals surface area contributed by atoms with Crippen LogP contribution >= 0.6 is 31.9 Å². The molecular formula is C19H14Br2N2O4. The fraction of sp³-hybridized carbons (Fsp3) is 0.158. The van der Waals surface area contributed by atoms with Crippen LogP contribution in [-0.2, 0) is 6.42 Å². The standard InChI is InChI=1S/C19H14Br2N2O4/c1-25-14-4-3-10(20)7-12(14)17-22-18(24)13-6-9-5-11(21)8-15(26-2)16(9)27-19(13)23-17/h3-5,7-8H,6H2,1-2H3,(H,22,23,24). The van der Waals surface area contributed by atoms with Crippen LogP contribution in [0.2, 0.25) is 0 Å². The van der Waals surface area contributed by atoms with Crippen molar-refractivity contribution in [3.05, 3.63) is 60.8 Å². The molecule has 6 nitrogen and oxygen atoms in total. The summed E-state index contributed by atoms with van der Waals surface area (Å²) in [7, 11) is 3.14. The Kier molecular flexibility index (Phi) is 4.69. The maximum absolute atomic E-state index is 12.7. The number of H-pyrrole nitrogens is 1. The van der Waals surface area contributed by atoms with Gasteiger partial charge in [0.1, 0.15) is 11.6 Å². The fourth-order valence-electron chi connectivity index (χ4n) is 3.02. The van der Waals surface area contributed by atoms with Crippen molar-refractivity contribution in [2.45, 2.75) is 6.42 Å². The van der Waals surface area contributed by atoms with Gasteiger partial charge < -0.3 is 19.2 Å². The van der Waals surface area contributed by atoms with E-state index in [9.17, 15) is 4.79 Å². The average molecular weight is 494 g/mol. The first kappa shape index (κ1) is 18.1. The lowest BCUT2D eigenvalue weighted by Crippen LogP contribution is -2.20. The summed E-state index contributed by atoms with van der Waals surface area (Å²) >= 11 is 6.89. The number of nitrogens with zero attached hydrogens (tertiary/aromatic N) is 1. The van der Waals surface area contributed by atoms with Gasteiger partial charge in [-0.05, 0) is 30.3 Å². The Hall–Kier alpha value is -2.32. The number of hydrogen-bond acceptors (Lipinski definition) is 5. The summed E-state index contributed by atoms with van der Waals surface area (Å²) in [6.07, 6.45) is 0.401. The summed E-state index contributed by atoms with van der Waals surface area (Å²) in [6.45, 7) is 0. The largest absolute Gasteiger partial charge is 0.496 e. The number of aromatic amines is 1. The number of benzene rings is 2. The molecule has 0 aliphatic carbocycles. The minimum atomic E-state index is -0.248. The van der Waals surface area contributed by atoms with E-state index >= 15 is 0 Å². The molecule has 1 aliphatic heterocycles. The van der Waals surface area contributed by atoms with Crippen LogP contribution in [-0.4, -0.2) is 24.2 Å². The maximum atomic E-state index is 12.7. The lowest BCUT2D eigenvalue weighted by molar-refractivity contribution is 0.364. The molecule has 4 rings (SSSR count). The third-order valence-corrected chi connectivity index (χ3v) is 5.23. The first-order valence-electron chi connectivity index (χ1n) is 8.01. The molecule has 0 spiro atoms. The highest BCUT2D eigenvalue weighted by atomic mass is 79.9. The zero-order chi connectivity index (χ0) is 19.1. The summed E-state index contributed by atoms with van der Waals surface area (Å²) in [5.74, 6) is 2.38. The molecule has 1 aromatic heterocycles. The average Bonchev–Trinajstić information content (AvgIpc) is 2.66. The maximum Gasteiger partial charge on any atom is 0.258 e. The smallest absolute Gasteiger partial charge is 0.258 e. The summed E-state index contributed by atoms with van der Waals surface area (Å²) in [4.78, 5) is 20.1. The molecule has 1 aliphatic rings. The number of rotatable bonds is 3. The molecule has 8 heteroatoms. The molecule has 0 fully saturated rings. The molecule has 2 aromatic carbocycles. The molecule has 0 radical (unpaired) electrons. The summed E-state index contributed by atoms with van der Waals surface area (Å²) in [6, 6.07) is 9.21. The zero-order valence-corrected chi connectivity index (χ0v) is 17.6. The fourth-order valence-corrected chi connectivity index (χ4v) is 3.86. The normalized spacial score (nSPS) is 12.0. The van der Waals surface area contributed by atoms with E-state index in [0.717, 1.165) is 14.5 Å². The monoisotopic (exact) mass is 492 g/mol. The number of halogens is 2. The van der Waals surface area contributed by atoms with E-state index in [2.05, 4.69) is 41.8 Å². The van der Waals surface area contributed by atoms with E-state index in [4.69, 9.17) is 14.2 Å². The van der Waals surface area contributed by atoms with Gasteiger partial charge in [0.25, 0.3) is 5.56 Å². The molecule has 0 amide bonds. The Morgan fingerprint density at radius 3 is 2.59 bits per heavy atom. The Labute approximate surface area is 171 Å². The van der Waals surface area contributed by atoms with Crippen LogP contribution in [0.1, 0.15) is 11.1 Å². The minimum Gasteiger partial charge on any atom is -0.496 e. The van der Waals surface area contributed by atoms with Gasteiger partial charge in [-0.15, -0.1) is 0 Å². The van der Waals surface area contributed by atoms with Crippen LogP contribution in [0.15, 0.2) is 44.1 Å². The van der Waals surface area contributed by atoms with Crippen molar-refractivity contribution >= 4 is 31.9 Å². The third kappa shape index (κ3) is 3.23. The van der Waals surface area contributed by atoms with E-state index in [0.29, 0.717) is 40.6 Å². The van der Waals surface area contributed by atoms with Gasteiger partial charge >= 0.3 is 0 Å². The van der Waals surface area contributed by atoms with Crippen LogP contribution in [0.3, 0.4) is 0 Å². The van der Waals surface area contributed by atoms with Gasteiger partial charge in [-0.3, -0.25) is 4.79 Å². The predicted molar refractivity (Wildman–Crippen MR) is 108 cm³/mol. The number of fused-ring (bicyclic) bond motifs is 2. The van der Waals surface area contributed by atoms with Crippen molar-refractivity contribution in [1.82, 2.24) is 9.97 Å². The van der Waals surface area contributed by atoms with Crippen LogP contribution in [0.4, 0.5) is 0 Å².